The fourth-order valence-corrected chi connectivity index (χ4v) is 3.12. The molecule has 0 saturated carbocycles. The minimum absolute atomic E-state index is 0.0570. The number of thiocarbonyl (C=S) groups is 1. The van der Waals surface area contributed by atoms with Gasteiger partial charge in [0.15, 0.2) is 5.11 Å². The third-order valence-corrected chi connectivity index (χ3v) is 4.46. The van der Waals surface area contributed by atoms with Crippen LogP contribution in [0.2, 0.25) is 5.02 Å². The van der Waals surface area contributed by atoms with Crippen LogP contribution in [0.4, 0.5) is 5.69 Å². The Kier molecular flexibility index (Phi) is 5.90. The van der Waals surface area contributed by atoms with Crippen molar-refractivity contribution in [2.45, 2.75) is 33.0 Å². The van der Waals surface area contributed by atoms with Gasteiger partial charge in [0.1, 0.15) is 0 Å². The van der Waals surface area contributed by atoms with E-state index in [0.29, 0.717) is 11.7 Å². The zero-order valence-electron chi connectivity index (χ0n) is 14.7. The first kappa shape index (κ1) is 18.4. The largest absolute Gasteiger partial charge is 0.354 e. The van der Waals surface area contributed by atoms with Crippen molar-refractivity contribution in [2.75, 3.05) is 5.32 Å². The molecule has 0 fully saturated rings. The Morgan fingerprint density at radius 2 is 2.00 bits per heavy atom. The summed E-state index contributed by atoms with van der Waals surface area (Å²) in [5.74, 6) is 0. The minimum atomic E-state index is 0.0570. The molecular formula is C18H21ClN6S. The lowest BCUT2D eigenvalue weighted by molar-refractivity contribution is 0.568. The normalized spacial score (nSPS) is 12.0. The highest BCUT2D eigenvalue weighted by Gasteiger charge is 2.12. The average molecular weight is 389 g/mol. The van der Waals surface area contributed by atoms with E-state index in [1.165, 1.54) is 0 Å². The molecule has 0 spiro atoms. The third-order valence-electron chi connectivity index (χ3n) is 3.99. The Labute approximate surface area is 163 Å². The van der Waals surface area contributed by atoms with Crippen molar-refractivity contribution in [1.82, 2.24) is 24.9 Å². The third kappa shape index (κ3) is 4.62. The van der Waals surface area contributed by atoms with Crippen molar-refractivity contribution in [3.05, 3.63) is 65.2 Å². The molecule has 1 atom stereocenters. The monoisotopic (exact) mass is 388 g/mol. The first-order valence-corrected chi connectivity index (χ1v) is 9.20. The topological polar surface area (TPSA) is 59.7 Å². The molecule has 2 N–H and O–H groups in total. The second-order valence-corrected chi connectivity index (χ2v) is 6.79. The van der Waals surface area contributed by atoms with E-state index in [1.807, 2.05) is 45.9 Å². The summed E-state index contributed by atoms with van der Waals surface area (Å²) in [6, 6.07) is 9.78. The molecule has 0 unspecified atom stereocenters. The van der Waals surface area contributed by atoms with Gasteiger partial charge in [-0.2, -0.15) is 10.2 Å². The van der Waals surface area contributed by atoms with E-state index in [4.69, 9.17) is 23.8 Å². The number of nitrogens with zero attached hydrogens (tertiary/aromatic N) is 4. The number of hydrogen-bond donors (Lipinski definition) is 2. The number of anilines is 1. The molecule has 0 aliphatic carbocycles. The van der Waals surface area contributed by atoms with Crippen molar-refractivity contribution in [3.8, 4) is 0 Å². The molecule has 3 rings (SSSR count). The zero-order valence-corrected chi connectivity index (χ0v) is 16.3. The number of rotatable bonds is 6. The SMILES string of the molecule is CCn1nccc1[C@@H](C)NC(=S)Nc1cnn(Cc2ccc(Cl)cc2)c1. The van der Waals surface area contributed by atoms with Crippen molar-refractivity contribution < 1.29 is 0 Å². The van der Waals surface area contributed by atoms with E-state index in [2.05, 4.69) is 34.7 Å². The highest BCUT2D eigenvalue weighted by atomic mass is 35.5. The molecule has 1 aromatic carbocycles. The van der Waals surface area contributed by atoms with Crippen molar-refractivity contribution in [1.29, 1.82) is 0 Å². The number of halogens is 1. The maximum absolute atomic E-state index is 5.91. The second kappa shape index (κ2) is 8.33. The second-order valence-electron chi connectivity index (χ2n) is 5.95. The van der Waals surface area contributed by atoms with Crippen molar-refractivity contribution in [3.63, 3.8) is 0 Å². The van der Waals surface area contributed by atoms with Crippen LogP contribution in [0.15, 0.2) is 48.9 Å². The van der Waals surface area contributed by atoms with Crippen LogP contribution in [-0.4, -0.2) is 24.7 Å². The Morgan fingerprint density at radius 1 is 1.23 bits per heavy atom. The maximum atomic E-state index is 5.91. The molecule has 8 heteroatoms. The van der Waals surface area contributed by atoms with Crippen LogP contribution >= 0.6 is 23.8 Å². The van der Waals surface area contributed by atoms with Crippen molar-refractivity contribution >= 4 is 34.6 Å². The van der Waals surface area contributed by atoms with E-state index >= 15 is 0 Å². The van der Waals surface area contributed by atoms with Crippen LogP contribution in [0.5, 0.6) is 0 Å². The Balaban J connectivity index is 1.56. The van der Waals surface area contributed by atoms with Gasteiger partial charge in [0.05, 0.1) is 30.2 Å². The summed E-state index contributed by atoms with van der Waals surface area (Å²) >= 11 is 11.3. The Morgan fingerprint density at radius 3 is 2.73 bits per heavy atom. The predicted molar refractivity (Wildman–Crippen MR) is 108 cm³/mol. The van der Waals surface area contributed by atoms with Crippen LogP contribution in [0, 0.1) is 0 Å². The van der Waals surface area contributed by atoms with Crippen LogP contribution in [0.25, 0.3) is 0 Å². The van der Waals surface area contributed by atoms with Crippen molar-refractivity contribution in [2.24, 2.45) is 0 Å². The average Bonchev–Trinajstić information content (AvgIpc) is 3.26. The summed E-state index contributed by atoms with van der Waals surface area (Å²) in [7, 11) is 0. The number of nitrogens with one attached hydrogen (secondary N) is 2. The van der Waals surface area contributed by atoms with Gasteiger partial charge in [-0.05, 0) is 49.8 Å². The van der Waals surface area contributed by atoms with E-state index in [9.17, 15) is 0 Å². The molecule has 0 aliphatic heterocycles. The van der Waals surface area contributed by atoms with Gasteiger partial charge < -0.3 is 10.6 Å². The molecule has 0 radical (unpaired) electrons. The molecule has 0 saturated heterocycles. The lowest BCUT2D eigenvalue weighted by Crippen LogP contribution is -2.32. The van der Waals surface area contributed by atoms with Crippen LogP contribution in [0.3, 0.4) is 0 Å². The summed E-state index contributed by atoms with van der Waals surface area (Å²) in [5.41, 5.74) is 3.06. The summed E-state index contributed by atoms with van der Waals surface area (Å²) in [6.45, 7) is 5.62. The molecule has 6 nitrogen and oxygen atoms in total. The van der Waals surface area contributed by atoms with Gasteiger partial charge >= 0.3 is 0 Å². The van der Waals surface area contributed by atoms with Gasteiger partial charge in [-0.1, -0.05) is 23.7 Å². The summed E-state index contributed by atoms with van der Waals surface area (Å²) in [4.78, 5) is 0. The molecule has 3 aromatic rings. The highest BCUT2D eigenvalue weighted by molar-refractivity contribution is 7.80. The van der Waals surface area contributed by atoms with Crippen LogP contribution < -0.4 is 10.6 Å². The molecule has 26 heavy (non-hydrogen) atoms. The number of benzene rings is 1. The van der Waals surface area contributed by atoms with E-state index in [1.54, 1.807) is 12.4 Å². The number of aryl methyl sites for hydroxylation is 1. The maximum Gasteiger partial charge on any atom is 0.171 e. The summed E-state index contributed by atoms with van der Waals surface area (Å²) in [6.07, 6.45) is 5.47. The summed E-state index contributed by atoms with van der Waals surface area (Å²) in [5, 5.41) is 16.4. The zero-order chi connectivity index (χ0) is 18.5. The fraction of sp³-hybridized carbons (Fsp3) is 0.278. The molecule has 136 valence electrons. The number of hydrogen-bond acceptors (Lipinski definition) is 3. The van der Waals surface area contributed by atoms with E-state index < -0.39 is 0 Å². The van der Waals surface area contributed by atoms with Gasteiger partial charge in [0, 0.05) is 24.0 Å². The first-order chi connectivity index (χ1) is 12.5. The van der Waals surface area contributed by atoms with Gasteiger partial charge in [-0.3, -0.25) is 9.36 Å². The molecule has 0 bridgehead atoms. The lowest BCUT2D eigenvalue weighted by Gasteiger charge is -2.17. The molecule has 2 aromatic heterocycles. The van der Waals surface area contributed by atoms with Gasteiger partial charge in [-0.25, -0.2) is 0 Å². The highest BCUT2D eigenvalue weighted by Crippen LogP contribution is 2.14. The lowest BCUT2D eigenvalue weighted by atomic mass is 10.2. The smallest absolute Gasteiger partial charge is 0.171 e. The van der Waals surface area contributed by atoms with Gasteiger partial charge in [0.25, 0.3) is 0 Å². The van der Waals surface area contributed by atoms with Gasteiger partial charge in [-0.15, -0.1) is 0 Å². The van der Waals surface area contributed by atoms with E-state index in [0.717, 1.165) is 28.5 Å². The number of aromatic nitrogens is 4. The van der Waals surface area contributed by atoms with Crippen LogP contribution in [-0.2, 0) is 13.1 Å². The Hall–Kier alpha value is -2.38. The Bertz CT molecular complexity index is 870. The summed E-state index contributed by atoms with van der Waals surface area (Å²) < 4.78 is 3.80. The van der Waals surface area contributed by atoms with E-state index in [-0.39, 0.29) is 6.04 Å². The minimum Gasteiger partial charge on any atom is -0.354 e. The quantitative estimate of drug-likeness (QED) is 0.628. The predicted octanol–water partition coefficient (Wildman–Crippen LogP) is 3.85. The fourth-order valence-electron chi connectivity index (χ4n) is 2.70. The standard InChI is InChI=1S/C18H21ClN6S/c1-3-25-17(8-9-20-25)13(2)22-18(26)23-16-10-21-24(12-16)11-14-4-6-15(19)7-5-14/h4-10,12-13H,3,11H2,1-2H3,(H2,22,23,26)/t13-/m1/s1. The first-order valence-electron chi connectivity index (χ1n) is 8.41. The molecular weight excluding hydrogens is 368 g/mol. The van der Waals surface area contributed by atoms with Gasteiger partial charge in [0.2, 0.25) is 0 Å². The molecule has 2 heterocycles. The van der Waals surface area contributed by atoms with Crippen LogP contribution in [0.1, 0.15) is 31.1 Å². The molecule has 0 amide bonds. The molecule has 0 aliphatic rings.